The minimum Gasteiger partial charge on any atom is -0.481 e. The van der Waals surface area contributed by atoms with Crippen molar-refractivity contribution in [2.45, 2.75) is 19.4 Å². The average Bonchev–Trinajstić information content (AvgIpc) is 2.60. The van der Waals surface area contributed by atoms with Gasteiger partial charge in [0.15, 0.2) is 6.10 Å². The van der Waals surface area contributed by atoms with Crippen molar-refractivity contribution in [3.63, 3.8) is 0 Å². The molecule has 25 heavy (non-hydrogen) atoms. The Bertz CT molecular complexity index is 704. The third-order valence-corrected chi connectivity index (χ3v) is 3.75. The van der Waals surface area contributed by atoms with Gasteiger partial charge in [-0.1, -0.05) is 30.3 Å². The molecule has 2 aromatic carbocycles. The van der Waals surface area contributed by atoms with Crippen LogP contribution in [0.3, 0.4) is 0 Å². The number of primary amides is 1. The molecule has 0 spiro atoms. The van der Waals surface area contributed by atoms with Gasteiger partial charge in [-0.25, -0.2) is 4.39 Å². The highest BCUT2D eigenvalue weighted by Crippen LogP contribution is 2.12. The van der Waals surface area contributed by atoms with E-state index in [1.165, 1.54) is 12.1 Å². The van der Waals surface area contributed by atoms with E-state index in [0.29, 0.717) is 12.2 Å². The normalized spacial score (nSPS) is 12.9. The maximum Gasteiger partial charge on any atom is 0.260 e. The van der Waals surface area contributed by atoms with Crippen LogP contribution in [0, 0.1) is 11.7 Å². The predicted octanol–water partition coefficient (Wildman–Crippen LogP) is 2.05. The second-order valence-electron chi connectivity index (χ2n) is 5.75. The van der Waals surface area contributed by atoms with Gasteiger partial charge in [0.05, 0.1) is 5.92 Å². The fraction of sp³-hybridized carbons (Fsp3) is 0.263. The van der Waals surface area contributed by atoms with E-state index in [2.05, 4.69) is 5.32 Å². The van der Waals surface area contributed by atoms with E-state index in [4.69, 9.17) is 10.5 Å². The molecule has 6 heteroatoms. The molecule has 2 rings (SSSR count). The highest BCUT2D eigenvalue weighted by Gasteiger charge is 2.20. The van der Waals surface area contributed by atoms with E-state index in [9.17, 15) is 14.0 Å². The molecule has 0 fully saturated rings. The lowest BCUT2D eigenvalue weighted by molar-refractivity contribution is -0.128. The summed E-state index contributed by atoms with van der Waals surface area (Å²) in [6.07, 6.45) is -0.383. The lowest BCUT2D eigenvalue weighted by Gasteiger charge is -2.18. The van der Waals surface area contributed by atoms with Crippen LogP contribution >= 0.6 is 0 Å². The van der Waals surface area contributed by atoms with Gasteiger partial charge in [0.1, 0.15) is 11.6 Å². The average molecular weight is 344 g/mol. The van der Waals surface area contributed by atoms with Crippen molar-refractivity contribution in [1.82, 2.24) is 5.32 Å². The van der Waals surface area contributed by atoms with Crippen molar-refractivity contribution in [2.75, 3.05) is 6.54 Å². The SMILES string of the molecule is C[C@@H](Oc1ccccc1)C(=O)NC[C@H](Cc1ccc(F)cc1)C(N)=O. The van der Waals surface area contributed by atoms with Crippen molar-refractivity contribution in [3.8, 4) is 5.75 Å². The van der Waals surface area contributed by atoms with Gasteiger partial charge in [-0.2, -0.15) is 0 Å². The fourth-order valence-electron chi connectivity index (χ4n) is 2.30. The van der Waals surface area contributed by atoms with Crippen LogP contribution in [-0.4, -0.2) is 24.5 Å². The number of ether oxygens (including phenoxy) is 1. The lowest BCUT2D eigenvalue weighted by Crippen LogP contribution is -2.42. The first-order valence-corrected chi connectivity index (χ1v) is 7.99. The molecule has 0 bridgehead atoms. The van der Waals surface area contributed by atoms with Crippen LogP contribution in [0.4, 0.5) is 4.39 Å². The minimum absolute atomic E-state index is 0.0913. The Labute approximate surface area is 146 Å². The number of carbonyl (C=O) groups is 2. The molecular formula is C19H21FN2O3. The number of para-hydroxylation sites is 1. The summed E-state index contributed by atoms with van der Waals surface area (Å²) in [6, 6.07) is 14.8. The van der Waals surface area contributed by atoms with Gasteiger partial charge in [-0.05, 0) is 43.2 Å². The number of hydrogen-bond donors (Lipinski definition) is 2. The first-order valence-electron chi connectivity index (χ1n) is 7.99. The van der Waals surface area contributed by atoms with Gasteiger partial charge >= 0.3 is 0 Å². The molecule has 0 aromatic heterocycles. The largest absolute Gasteiger partial charge is 0.481 e. The number of amides is 2. The van der Waals surface area contributed by atoms with E-state index in [-0.39, 0.29) is 18.3 Å². The summed E-state index contributed by atoms with van der Waals surface area (Å²) in [5.41, 5.74) is 6.18. The molecule has 0 radical (unpaired) electrons. The zero-order valence-corrected chi connectivity index (χ0v) is 13.9. The van der Waals surface area contributed by atoms with Gasteiger partial charge in [-0.15, -0.1) is 0 Å². The molecule has 0 saturated heterocycles. The van der Waals surface area contributed by atoms with E-state index < -0.39 is 17.9 Å². The monoisotopic (exact) mass is 344 g/mol. The third kappa shape index (κ3) is 5.91. The highest BCUT2D eigenvalue weighted by molar-refractivity contribution is 5.82. The zero-order valence-electron chi connectivity index (χ0n) is 13.9. The second kappa shape index (κ2) is 8.82. The van der Waals surface area contributed by atoms with Gasteiger partial charge < -0.3 is 15.8 Å². The van der Waals surface area contributed by atoms with Crippen LogP contribution in [0.15, 0.2) is 54.6 Å². The molecule has 2 aromatic rings. The Hall–Kier alpha value is -2.89. The number of nitrogens with two attached hydrogens (primary N) is 1. The van der Waals surface area contributed by atoms with Gasteiger partial charge in [0, 0.05) is 6.54 Å². The molecule has 2 amide bonds. The summed E-state index contributed by atoms with van der Waals surface area (Å²) in [5, 5.41) is 2.68. The Morgan fingerprint density at radius 3 is 2.36 bits per heavy atom. The Balaban J connectivity index is 1.88. The van der Waals surface area contributed by atoms with Crippen LogP contribution in [-0.2, 0) is 16.0 Å². The summed E-state index contributed by atoms with van der Waals surface area (Å²) in [5.74, 6) is -1.21. The maximum atomic E-state index is 12.9. The number of rotatable bonds is 8. The lowest BCUT2D eigenvalue weighted by atomic mass is 9.98. The summed E-state index contributed by atoms with van der Waals surface area (Å²) >= 11 is 0. The molecule has 132 valence electrons. The molecular weight excluding hydrogens is 323 g/mol. The van der Waals surface area contributed by atoms with E-state index >= 15 is 0 Å². The third-order valence-electron chi connectivity index (χ3n) is 3.75. The summed E-state index contributed by atoms with van der Waals surface area (Å²) < 4.78 is 18.5. The van der Waals surface area contributed by atoms with Crippen LogP contribution < -0.4 is 15.8 Å². The standard InChI is InChI=1S/C19H21FN2O3/c1-13(25-17-5-3-2-4-6-17)19(24)22-12-15(18(21)23)11-14-7-9-16(20)10-8-14/h2-10,13,15H,11-12H2,1H3,(H2,21,23)(H,22,24)/t13-,15+/m1/s1. The number of benzene rings is 2. The van der Waals surface area contributed by atoms with Crippen molar-refractivity contribution >= 4 is 11.8 Å². The fourth-order valence-corrected chi connectivity index (χ4v) is 2.30. The van der Waals surface area contributed by atoms with Gasteiger partial charge in [-0.3, -0.25) is 9.59 Å². The molecule has 3 N–H and O–H groups in total. The van der Waals surface area contributed by atoms with E-state index in [1.807, 2.05) is 18.2 Å². The Kier molecular flexibility index (Phi) is 6.51. The van der Waals surface area contributed by atoms with Crippen molar-refractivity contribution in [1.29, 1.82) is 0 Å². The van der Waals surface area contributed by atoms with Crippen LogP contribution in [0.25, 0.3) is 0 Å². The molecule has 0 aliphatic carbocycles. The molecule has 5 nitrogen and oxygen atoms in total. The Morgan fingerprint density at radius 1 is 1.12 bits per heavy atom. The topological polar surface area (TPSA) is 81.4 Å². The van der Waals surface area contributed by atoms with Crippen LogP contribution in [0.1, 0.15) is 12.5 Å². The smallest absolute Gasteiger partial charge is 0.260 e. The molecule has 0 aliphatic rings. The number of halogens is 1. The summed E-state index contributed by atoms with van der Waals surface area (Å²) in [4.78, 5) is 23.7. The second-order valence-corrected chi connectivity index (χ2v) is 5.75. The van der Waals surface area contributed by atoms with E-state index in [1.54, 1.807) is 31.2 Å². The molecule has 0 heterocycles. The van der Waals surface area contributed by atoms with Gasteiger partial charge in [0.2, 0.25) is 5.91 Å². The first kappa shape index (κ1) is 18.4. The molecule has 0 unspecified atom stereocenters. The van der Waals surface area contributed by atoms with Crippen LogP contribution in [0.2, 0.25) is 0 Å². The highest BCUT2D eigenvalue weighted by atomic mass is 19.1. The quantitative estimate of drug-likeness (QED) is 0.769. The zero-order chi connectivity index (χ0) is 18.2. The maximum absolute atomic E-state index is 12.9. The molecule has 0 saturated carbocycles. The summed E-state index contributed by atoms with van der Waals surface area (Å²) in [6.45, 7) is 1.72. The van der Waals surface area contributed by atoms with E-state index in [0.717, 1.165) is 5.56 Å². The van der Waals surface area contributed by atoms with Crippen molar-refractivity contribution in [2.24, 2.45) is 11.7 Å². The molecule has 2 atom stereocenters. The van der Waals surface area contributed by atoms with Gasteiger partial charge in [0.25, 0.3) is 5.91 Å². The van der Waals surface area contributed by atoms with Crippen LogP contribution in [0.5, 0.6) is 5.75 Å². The predicted molar refractivity (Wildman–Crippen MR) is 92.3 cm³/mol. The Morgan fingerprint density at radius 2 is 1.76 bits per heavy atom. The number of carbonyl (C=O) groups excluding carboxylic acids is 2. The first-order chi connectivity index (χ1) is 12.0. The summed E-state index contributed by atoms with van der Waals surface area (Å²) in [7, 11) is 0. The minimum atomic E-state index is -0.707. The number of hydrogen-bond acceptors (Lipinski definition) is 3. The van der Waals surface area contributed by atoms with Crippen molar-refractivity contribution < 1.29 is 18.7 Å². The number of nitrogens with one attached hydrogen (secondary N) is 1. The van der Waals surface area contributed by atoms with Crippen molar-refractivity contribution in [3.05, 3.63) is 66.0 Å². The molecule has 0 aliphatic heterocycles.